The fraction of sp³-hybridized carbons (Fsp3) is 0.414. The molecule has 2 aromatic carbocycles. The summed E-state index contributed by atoms with van der Waals surface area (Å²) in [5.41, 5.74) is 1.50. The van der Waals surface area contributed by atoms with Crippen LogP contribution in [0.2, 0.25) is 5.02 Å². The minimum Gasteiger partial charge on any atom is -0.394 e. The summed E-state index contributed by atoms with van der Waals surface area (Å²) in [5, 5.41) is 16.6. The van der Waals surface area contributed by atoms with Gasteiger partial charge in [-0.25, -0.2) is 0 Å². The van der Waals surface area contributed by atoms with E-state index >= 15 is 0 Å². The summed E-state index contributed by atoms with van der Waals surface area (Å²) in [6.45, 7) is 1.74. The molecule has 0 spiro atoms. The first-order valence-corrected chi connectivity index (χ1v) is 13.2. The third-order valence-corrected chi connectivity index (χ3v) is 7.77. The number of anilines is 1. The number of amides is 3. The molecule has 3 amide bonds. The first kappa shape index (κ1) is 26.9. The van der Waals surface area contributed by atoms with Crippen LogP contribution >= 0.6 is 11.6 Å². The highest BCUT2D eigenvalue weighted by atomic mass is 35.5. The summed E-state index contributed by atoms with van der Waals surface area (Å²) >= 11 is 6.00. The number of carbonyl (C=O) groups is 3. The maximum absolute atomic E-state index is 14.1. The van der Waals surface area contributed by atoms with Crippen LogP contribution < -0.4 is 10.6 Å². The minimum atomic E-state index is -0.875. The number of rotatable bonds is 9. The highest BCUT2D eigenvalue weighted by Crippen LogP contribution is 2.46. The van der Waals surface area contributed by atoms with E-state index < -0.39 is 29.8 Å². The highest BCUT2D eigenvalue weighted by Gasteiger charge is 2.58. The molecule has 1 fully saturated rings. The first-order valence-electron chi connectivity index (χ1n) is 12.8. The molecule has 37 heavy (non-hydrogen) atoms. The lowest BCUT2D eigenvalue weighted by Crippen LogP contribution is -2.51. The third kappa shape index (κ3) is 5.58. The predicted molar refractivity (Wildman–Crippen MR) is 144 cm³/mol. The van der Waals surface area contributed by atoms with E-state index in [-0.39, 0.29) is 30.2 Å². The molecule has 4 rings (SSSR count). The first-order chi connectivity index (χ1) is 17.9. The largest absolute Gasteiger partial charge is 0.394 e. The molecule has 6 atom stereocenters. The van der Waals surface area contributed by atoms with Crippen LogP contribution in [0.3, 0.4) is 0 Å². The van der Waals surface area contributed by atoms with E-state index in [4.69, 9.17) is 11.6 Å². The molecule has 0 saturated carbocycles. The van der Waals surface area contributed by atoms with Crippen molar-refractivity contribution in [1.29, 1.82) is 0 Å². The van der Waals surface area contributed by atoms with E-state index in [9.17, 15) is 19.5 Å². The highest BCUT2D eigenvalue weighted by molar-refractivity contribution is 6.30. The molecule has 1 aliphatic heterocycles. The molecule has 0 radical (unpaired) electrons. The second-order valence-corrected chi connectivity index (χ2v) is 10.2. The Morgan fingerprint density at radius 2 is 1.76 bits per heavy atom. The number of likely N-dealkylation sites (tertiary alicyclic amines) is 1. The van der Waals surface area contributed by atoms with Crippen molar-refractivity contribution < 1.29 is 19.5 Å². The Kier molecular flexibility index (Phi) is 8.67. The fourth-order valence-electron chi connectivity index (χ4n) is 5.86. The fourth-order valence-corrected chi connectivity index (χ4v) is 5.98. The molecule has 8 heteroatoms. The molecular weight excluding hydrogens is 490 g/mol. The van der Waals surface area contributed by atoms with Crippen molar-refractivity contribution in [3.05, 3.63) is 77.3 Å². The Balaban J connectivity index is 1.74. The smallest absolute Gasteiger partial charge is 0.247 e. The second-order valence-electron chi connectivity index (χ2n) is 9.79. The predicted octanol–water partition coefficient (Wildman–Crippen LogP) is 3.67. The SMILES string of the molecule is CCC[C@@H]1C=C[C@H]2[C@H](C(=O)N([C@@H](CO)Cc3ccccc3)[C@@H]2C(=O)Nc2ccc(Cl)cc2)[C@@H]1C(=O)NC. The molecule has 1 aliphatic carbocycles. The van der Waals surface area contributed by atoms with Gasteiger partial charge in [0.15, 0.2) is 0 Å². The van der Waals surface area contributed by atoms with Crippen molar-refractivity contribution in [3.63, 3.8) is 0 Å². The normalized spacial score (nSPS) is 25.5. The number of carbonyl (C=O) groups excluding carboxylic acids is 3. The van der Waals surface area contributed by atoms with Gasteiger partial charge >= 0.3 is 0 Å². The molecule has 2 aromatic rings. The second kappa shape index (κ2) is 11.9. The van der Waals surface area contributed by atoms with Gasteiger partial charge in [0.2, 0.25) is 17.7 Å². The molecular formula is C29H34ClN3O4. The van der Waals surface area contributed by atoms with Gasteiger partial charge in [-0.2, -0.15) is 0 Å². The van der Waals surface area contributed by atoms with Gasteiger partial charge in [-0.3, -0.25) is 14.4 Å². The number of hydrogen-bond acceptors (Lipinski definition) is 4. The summed E-state index contributed by atoms with van der Waals surface area (Å²) in [6.07, 6.45) is 5.95. The molecule has 0 bridgehead atoms. The lowest BCUT2D eigenvalue weighted by Gasteiger charge is -2.34. The van der Waals surface area contributed by atoms with Gasteiger partial charge in [0.05, 0.1) is 24.5 Å². The van der Waals surface area contributed by atoms with E-state index in [1.165, 1.54) is 4.90 Å². The van der Waals surface area contributed by atoms with E-state index in [1.54, 1.807) is 31.3 Å². The van der Waals surface area contributed by atoms with Crippen LogP contribution in [0.25, 0.3) is 0 Å². The average Bonchev–Trinajstić information content (AvgIpc) is 3.21. The summed E-state index contributed by atoms with van der Waals surface area (Å²) in [5.74, 6) is -2.70. The maximum atomic E-state index is 14.1. The molecule has 196 valence electrons. The molecule has 1 saturated heterocycles. The number of fused-ring (bicyclic) bond motifs is 1. The van der Waals surface area contributed by atoms with Crippen molar-refractivity contribution in [2.75, 3.05) is 19.0 Å². The Morgan fingerprint density at radius 3 is 2.38 bits per heavy atom. The van der Waals surface area contributed by atoms with Gasteiger partial charge in [-0.05, 0) is 48.6 Å². The van der Waals surface area contributed by atoms with Gasteiger partial charge < -0.3 is 20.6 Å². The quantitative estimate of drug-likeness (QED) is 0.437. The van der Waals surface area contributed by atoms with Crippen molar-refractivity contribution in [2.45, 2.75) is 38.3 Å². The maximum Gasteiger partial charge on any atom is 0.247 e. The molecule has 0 unspecified atom stereocenters. The number of aliphatic hydroxyl groups excluding tert-OH is 1. The molecule has 2 aliphatic rings. The van der Waals surface area contributed by atoms with Crippen LogP contribution in [-0.2, 0) is 20.8 Å². The summed E-state index contributed by atoms with van der Waals surface area (Å²) in [6, 6.07) is 14.8. The molecule has 1 heterocycles. The topological polar surface area (TPSA) is 98.7 Å². The summed E-state index contributed by atoms with van der Waals surface area (Å²) < 4.78 is 0. The van der Waals surface area contributed by atoms with Gasteiger partial charge in [-0.15, -0.1) is 0 Å². The van der Waals surface area contributed by atoms with E-state index in [1.807, 2.05) is 49.4 Å². The zero-order valence-electron chi connectivity index (χ0n) is 21.1. The number of aliphatic hydroxyl groups is 1. The van der Waals surface area contributed by atoms with Gasteiger partial charge in [0.25, 0.3) is 0 Å². The van der Waals surface area contributed by atoms with Gasteiger partial charge in [0.1, 0.15) is 6.04 Å². The Morgan fingerprint density at radius 1 is 1.05 bits per heavy atom. The number of allylic oxidation sites excluding steroid dienone is 1. The average molecular weight is 524 g/mol. The Labute approximate surface area is 222 Å². The van der Waals surface area contributed by atoms with E-state index in [0.717, 1.165) is 18.4 Å². The molecule has 7 nitrogen and oxygen atoms in total. The molecule has 3 N–H and O–H groups in total. The number of hydrogen-bond donors (Lipinski definition) is 3. The minimum absolute atomic E-state index is 0.100. The van der Waals surface area contributed by atoms with Crippen molar-refractivity contribution in [3.8, 4) is 0 Å². The Bertz CT molecular complexity index is 1140. The van der Waals surface area contributed by atoms with Crippen molar-refractivity contribution in [2.24, 2.45) is 23.7 Å². The van der Waals surface area contributed by atoms with Crippen molar-refractivity contribution >= 4 is 35.0 Å². The zero-order valence-corrected chi connectivity index (χ0v) is 21.9. The van der Waals surface area contributed by atoms with E-state index in [2.05, 4.69) is 10.6 Å². The number of nitrogens with one attached hydrogen (secondary N) is 2. The monoisotopic (exact) mass is 523 g/mol. The lowest BCUT2D eigenvalue weighted by molar-refractivity contribution is -0.142. The van der Waals surface area contributed by atoms with Crippen LogP contribution in [-0.4, -0.2) is 53.5 Å². The standard InChI is InChI=1S/C29H34ClN3O4/c1-3-7-19-10-15-23-25(24(19)27(35)31-2)29(37)33(22(17-34)16-18-8-5-4-6-9-18)26(23)28(36)32-21-13-11-20(30)12-14-21/h4-6,8-15,19,22-26,34H,3,7,16-17H2,1-2H3,(H,31,35)(H,32,36)/t19-,22-,23+,24-,25+,26+/m1/s1. The third-order valence-electron chi connectivity index (χ3n) is 7.52. The lowest BCUT2D eigenvalue weighted by atomic mass is 9.68. The van der Waals surface area contributed by atoms with Crippen LogP contribution in [0, 0.1) is 23.7 Å². The van der Waals surface area contributed by atoms with Crippen molar-refractivity contribution in [1.82, 2.24) is 10.2 Å². The number of halogens is 1. The van der Waals surface area contributed by atoms with Crippen LogP contribution in [0.15, 0.2) is 66.7 Å². The van der Waals surface area contributed by atoms with Crippen LogP contribution in [0.5, 0.6) is 0 Å². The van der Waals surface area contributed by atoms with Crippen LogP contribution in [0.1, 0.15) is 25.3 Å². The van der Waals surface area contributed by atoms with Crippen LogP contribution in [0.4, 0.5) is 5.69 Å². The summed E-state index contributed by atoms with van der Waals surface area (Å²) in [4.78, 5) is 42.5. The summed E-state index contributed by atoms with van der Waals surface area (Å²) in [7, 11) is 1.58. The Hall–Kier alpha value is -3.16. The number of benzene rings is 2. The zero-order chi connectivity index (χ0) is 26.5. The van der Waals surface area contributed by atoms with Gasteiger partial charge in [0, 0.05) is 23.7 Å². The van der Waals surface area contributed by atoms with E-state index in [0.29, 0.717) is 17.1 Å². The van der Waals surface area contributed by atoms with Gasteiger partial charge in [-0.1, -0.05) is 67.4 Å². The molecule has 0 aromatic heterocycles. The number of nitrogens with zero attached hydrogens (tertiary/aromatic N) is 1.